The van der Waals surface area contributed by atoms with E-state index in [1.807, 2.05) is 0 Å². The summed E-state index contributed by atoms with van der Waals surface area (Å²) < 4.78 is 90.1. The van der Waals surface area contributed by atoms with Crippen LogP contribution in [-0.2, 0) is 38.9 Å². The van der Waals surface area contributed by atoms with Crippen molar-refractivity contribution in [2.24, 2.45) is 0 Å². The summed E-state index contributed by atoms with van der Waals surface area (Å²) >= 11 is 0. The van der Waals surface area contributed by atoms with Gasteiger partial charge in [0.05, 0.1) is 48.7 Å². The first-order valence-electron chi connectivity index (χ1n) is 12.1. The zero-order chi connectivity index (χ0) is 29.1. The van der Waals surface area contributed by atoms with Crippen LogP contribution in [0.2, 0.25) is 0 Å². The molecule has 1 atom stereocenters. The molecule has 0 aliphatic carbocycles. The summed E-state index contributed by atoms with van der Waals surface area (Å²) in [5, 5.41) is 2.84. The quantitative estimate of drug-likeness (QED) is 0.393. The maximum atomic E-state index is 14.9. The minimum atomic E-state index is -3.35. The number of benzene rings is 1. The van der Waals surface area contributed by atoms with Crippen molar-refractivity contribution in [2.75, 3.05) is 39.8 Å². The Morgan fingerprint density at radius 3 is 2.33 bits per heavy atom. The molecular formula is C23H26F3N3O7. The van der Waals surface area contributed by atoms with Gasteiger partial charge in [0.15, 0.2) is 6.29 Å². The predicted octanol–water partition coefficient (Wildman–Crippen LogP) is 3.27. The topological polar surface area (TPSA) is 118 Å². The van der Waals surface area contributed by atoms with Crippen molar-refractivity contribution in [3.8, 4) is 0 Å². The van der Waals surface area contributed by atoms with Crippen LogP contribution in [0.15, 0.2) is 18.2 Å². The summed E-state index contributed by atoms with van der Waals surface area (Å²) in [6.07, 6.45) is -4.43. The van der Waals surface area contributed by atoms with Gasteiger partial charge in [0.2, 0.25) is 0 Å². The molecule has 1 aliphatic heterocycles. The zero-order valence-corrected chi connectivity index (χ0v) is 19.8. The second-order valence-electron chi connectivity index (χ2n) is 7.64. The van der Waals surface area contributed by atoms with Crippen LogP contribution in [0.1, 0.15) is 58.0 Å². The van der Waals surface area contributed by atoms with Crippen molar-refractivity contribution in [1.29, 1.82) is 0 Å². The Morgan fingerprint density at radius 2 is 1.78 bits per heavy atom. The number of hydrogen-bond donors (Lipinski definition) is 1. The van der Waals surface area contributed by atoms with Crippen molar-refractivity contribution in [1.82, 2.24) is 9.97 Å². The van der Waals surface area contributed by atoms with Crippen LogP contribution in [0.5, 0.6) is 0 Å². The molecule has 1 N–H and O–H groups in total. The van der Waals surface area contributed by atoms with Crippen LogP contribution in [0.4, 0.5) is 19.0 Å². The van der Waals surface area contributed by atoms with E-state index in [-0.39, 0.29) is 36.0 Å². The lowest BCUT2D eigenvalue weighted by atomic mass is 9.93. The Morgan fingerprint density at radius 1 is 1.17 bits per heavy atom. The zero-order valence-electron chi connectivity index (χ0n) is 22.8. The van der Waals surface area contributed by atoms with Gasteiger partial charge >= 0.3 is 17.5 Å². The molecule has 1 saturated heterocycles. The van der Waals surface area contributed by atoms with Gasteiger partial charge in [-0.15, -0.1) is 0 Å². The average Bonchev–Trinajstić information content (AvgIpc) is 3.39. The van der Waals surface area contributed by atoms with Gasteiger partial charge in [-0.1, -0.05) is 18.2 Å². The first kappa shape index (κ1) is 23.1. The van der Waals surface area contributed by atoms with Crippen LogP contribution in [0.3, 0.4) is 0 Å². The van der Waals surface area contributed by atoms with Gasteiger partial charge in [-0.05, 0) is 13.8 Å². The Kier molecular flexibility index (Phi) is 7.19. The first-order valence-corrected chi connectivity index (χ1v) is 10.6. The highest BCUT2D eigenvalue weighted by Gasteiger charge is 2.55. The third-order valence-corrected chi connectivity index (χ3v) is 5.46. The summed E-state index contributed by atoms with van der Waals surface area (Å²) in [4.78, 5) is 34.6. The van der Waals surface area contributed by atoms with Crippen LogP contribution in [-0.4, -0.2) is 56.4 Å². The van der Waals surface area contributed by atoms with Crippen molar-refractivity contribution in [3.63, 3.8) is 0 Å². The van der Waals surface area contributed by atoms with Gasteiger partial charge in [-0.2, -0.15) is 0 Å². The molecule has 0 saturated carbocycles. The average molecular weight is 516 g/mol. The monoisotopic (exact) mass is 516 g/mol. The number of ether oxygens (including phenoxy) is 5. The Balaban J connectivity index is 2.30. The highest BCUT2D eigenvalue weighted by atomic mass is 19.3. The smallest absolute Gasteiger partial charge is 0.356 e. The normalized spacial score (nSPS) is 16.7. The number of nitrogens with zero attached hydrogens (tertiary/aromatic N) is 2. The largest absolute Gasteiger partial charge is 0.466 e. The molecule has 1 aromatic carbocycles. The molecule has 36 heavy (non-hydrogen) atoms. The molecule has 10 nitrogen and oxygen atoms in total. The molecule has 0 radical (unpaired) electrons. The minimum Gasteiger partial charge on any atom is -0.466 e. The van der Waals surface area contributed by atoms with Crippen LogP contribution >= 0.6 is 0 Å². The molecule has 2 heterocycles. The number of carbonyl (C=O) groups is 2. The molecule has 0 unspecified atom stereocenters. The van der Waals surface area contributed by atoms with Gasteiger partial charge in [-0.3, -0.25) is 0 Å². The van der Waals surface area contributed by atoms with E-state index in [2.05, 4.69) is 15.3 Å². The number of carbonyl (C=O) groups excluding carboxylic acids is 2. The molecule has 196 valence electrons. The number of rotatable bonds is 9. The second-order valence-corrected chi connectivity index (χ2v) is 7.64. The van der Waals surface area contributed by atoms with Crippen LogP contribution in [0, 0.1) is 12.7 Å². The number of hydrogen-bond acceptors (Lipinski definition) is 10. The highest BCUT2D eigenvalue weighted by Crippen LogP contribution is 2.40. The third kappa shape index (κ3) is 4.86. The number of nitrogens with one attached hydrogen (secondary N) is 1. The van der Waals surface area contributed by atoms with Crippen molar-refractivity contribution >= 4 is 17.8 Å². The lowest BCUT2D eigenvalue weighted by molar-refractivity contribution is -0.187. The number of anilines is 1. The molecule has 1 aliphatic rings. The molecule has 3 rings (SSSR count). The third-order valence-electron chi connectivity index (χ3n) is 5.46. The maximum Gasteiger partial charge on any atom is 0.356 e. The van der Waals surface area contributed by atoms with Crippen LogP contribution < -0.4 is 5.32 Å². The summed E-state index contributed by atoms with van der Waals surface area (Å²) in [6, 6.07) is 2.45. The van der Waals surface area contributed by atoms with Crippen LogP contribution in [0.25, 0.3) is 0 Å². The Bertz CT molecular complexity index is 1210. The molecular weight excluding hydrogens is 487 g/mol. The Hall–Kier alpha value is -3.29. The fourth-order valence-corrected chi connectivity index (χ4v) is 3.76. The number of esters is 2. The van der Waals surface area contributed by atoms with Gasteiger partial charge < -0.3 is 29.0 Å². The van der Waals surface area contributed by atoms with E-state index in [9.17, 15) is 22.8 Å². The number of methoxy groups -OCH3 is 3. The van der Waals surface area contributed by atoms with Crippen molar-refractivity contribution in [3.05, 3.63) is 52.2 Å². The van der Waals surface area contributed by atoms with E-state index in [1.165, 1.54) is 26.0 Å². The van der Waals surface area contributed by atoms with Gasteiger partial charge in [-0.25, -0.2) is 32.7 Å². The minimum absolute atomic E-state index is 0.0572. The lowest BCUT2D eigenvalue weighted by Gasteiger charge is -2.30. The molecule has 13 heteroatoms. The lowest BCUT2D eigenvalue weighted by Crippen LogP contribution is -2.49. The van der Waals surface area contributed by atoms with E-state index < -0.39 is 60.4 Å². The van der Waals surface area contributed by atoms with E-state index >= 15 is 0 Å². The standard InChI is InChI=1S/C23H26F3N3O7/c1-11(13-7-6-8-14(16(13)24)18(25)26)27-19-15(20-35-9-10-36-20)17(28-12(2)29-19)23(34-5,21(30)32-3)22(31)33-4/h6-8,11,18,20H,9-10H2,1-5H3,(H,27,28,29)/t11-/m1/s1/i5D3. The van der Waals surface area contributed by atoms with Crippen molar-refractivity contribution < 1.29 is 50.6 Å². The van der Waals surface area contributed by atoms with E-state index in [4.69, 9.17) is 27.8 Å². The highest BCUT2D eigenvalue weighted by molar-refractivity contribution is 6.04. The molecule has 1 fully saturated rings. The molecule has 0 bridgehead atoms. The number of halogens is 3. The SMILES string of the molecule is [2H]C([2H])([2H])OC(C(=O)OC)(C(=O)OC)c1nc(C)nc(N[C@H](C)c2cccc(C(F)F)c2F)c1C1OCCO1. The first-order chi connectivity index (χ1) is 18.3. The van der Waals surface area contributed by atoms with Crippen molar-refractivity contribution in [2.45, 2.75) is 38.2 Å². The van der Waals surface area contributed by atoms with E-state index in [0.29, 0.717) is 0 Å². The molecule has 0 amide bonds. The van der Waals surface area contributed by atoms with Gasteiger partial charge in [0, 0.05) is 12.6 Å². The predicted molar refractivity (Wildman–Crippen MR) is 118 cm³/mol. The fraction of sp³-hybridized carbons (Fsp3) is 0.478. The molecule has 2 aromatic rings. The van der Waals surface area contributed by atoms with E-state index in [0.717, 1.165) is 20.3 Å². The number of aromatic nitrogens is 2. The van der Waals surface area contributed by atoms with Gasteiger partial charge in [0.1, 0.15) is 23.2 Å². The fourth-order valence-electron chi connectivity index (χ4n) is 3.76. The number of aryl methyl sites for hydroxylation is 1. The maximum absolute atomic E-state index is 14.9. The molecule has 0 spiro atoms. The summed E-state index contributed by atoms with van der Waals surface area (Å²) in [7, 11) is -1.58. The summed E-state index contributed by atoms with van der Waals surface area (Å²) in [5.74, 6) is -4.42. The number of alkyl halides is 2. The molecule has 1 aromatic heterocycles. The summed E-state index contributed by atoms with van der Waals surface area (Å²) in [5.41, 5.74) is -4.96. The summed E-state index contributed by atoms with van der Waals surface area (Å²) in [6.45, 7) is 2.91. The van der Waals surface area contributed by atoms with E-state index in [1.54, 1.807) is 0 Å². The second kappa shape index (κ2) is 11.2. The van der Waals surface area contributed by atoms with Gasteiger partial charge in [0.25, 0.3) is 6.43 Å². The Labute approximate surface area is 209 Å².